The molecule has 0 unspecified atom stereocenters. The summed E-state index contributed by atoms with van der Waals surface area (Å²) in [6.45, 7) is 9.49. The van der Waals surface area contributed by atoms with E-state index in [9.17, 15) is 10.1 Å². The number of nitrogens with one attached hydrogen (secondary N) is 1. The quantitative estimate of drug-likeness (QED) is 0.534. The summed E-state index contributed by atoms with van der Waals surface area (Å²) >= 11 is 1.37. The normalized spacial score (nSPS) is 15.4. The fourth-order valence-electron chi connectivity index (χ4n) is 3.47. The van der Waals surface area contributed by atoms with Crippen molar-refractivity contribution in [2.24, 2.45) is 0 Å². The van der Waals surface area contributed by atoms with Gasteiger partial charge in [-0.2, -0.15) is 9.38 Å². The van der Waals surface area contributed by atoms with Gasteiger partial charge in [-0.3, -0.25) is 0 Å². The van der Waals surface area contributed by atoms with E-state index in [0.29, 0.717) is 4.96 Å². The molecular weight excluding hydrogens is 364 g/mol. The van der Waals surface area contributed by atoms with E-state index in [4.69, 9.17) is 0 Å². The number of aromatic nitrogens is 2. The summed E-state index contributed by atoms with van der Waals surface area (Å²) in [5, 5.41) is 16.4. The minimum Gasteiger partial charge on any atom is -0.369 e. The number of fused-ring (bicyclic) bond motifs is 1. The molecule has 0 spiro atoms. The number of rotatable bonds is 5. The second-order valence-electron chi connectivity index (χ2n) is 6.64. The van der Waals surface area contributed by atoms with Crippen molar-refractivity contribution in [1.82, 2.24) is 14.3 Å². The van der Waals surface area contributed by atoms with Crippen LogP contribution in [-0.4, -0.2) is 51.9 Å². The first-order valence-corrected chi connectivity index (χ1v) is 9.89. The number of hydrogen-bond donors (Lipinski definition) is 1. The molecule has 1 aliphatic rings. The molecule has 8 nitrogen and oxygen atoms in total. The minimum atomic E-state index is -0.397. The lowest BCUT2D eigenvalue weighted by Gasteiger charge is -2.35. The van der Waals surface area contributed by atoms with E-state index >= 15 is 0 Å². The van der Waals surface area contributed by atoms with Gasteiger partial charge >= 0.3 is 5.82 Å². The maximum Gasteiger partial charge on any atom is 0.373 e. The van der Waals surface area contributed by atoms with Gasteiger partial charge in [-0.1, -0.05) is 18.3 Å². The molecule has 0 amide bonds. The van der Waals surface area contributed by atoms with Crippen LogP contribution in [0.4, 0.5) is 23.0 Å². The van der Waals surface area contributed by atoms with E-state index in [2.05, 4.69) is 39.2 Å². The van der Waals surface area contributed by atoms with Crippen LogP contribution in [0.15, 0.2) is 29.8 Å². The summed E-state index contributed by atoms with van der Waals surface area (Å²) in [6, 6.07) is 6.18. The van der Waals surface area contributed by atoms with Crippen molar-refractivity contribution in [2.75, 3.05) is 42.9 Å². The Bertz CT molecular complexity index is 974. The minimum absolute atomic E-state index is 0.0367. The topological polar surface area (TPSA) is 79.0 Å². The molecule has 0 bridgehead atoms. The molecule has 1 fully saturated rings. The van der Waals surface area contributed by atoms with Crippen molar-refractivity contribution in [3.8, 4) is 0 Å². The van der Waals surface area contributed by atoms with Crippen LogP contribution in [0.1, 0.15) is 12.5 Å². The van der Waals surface area contributed by atoms with Crippen molar-refractivity contribution >= 4 is 39.3 Å². The number of nitro groups is 1. The van der Waals surface area contributed by atoms with Crippen molar-refractivity contribution < 1.29 is 4.92 Å². The molecule has 142 valence electrons. The SMILES string of the molecule is CCN1CCN(c2ccc(Nc3nc4sccn4c3[N+](=O)[O-])c(C)c2)CC1. The van der Waals surface area contributed by atoms with Gasteiger partial charge in [-0.25, -0.2) is 0 Å². The Morgan fingerprint density at radius 3 is 2.74 bits per heavy atom. The number of anilines is 3. The van der Waals surface area contributed by atoms with E-state index in [0.717, 1.165) is 44.0 Å². The van der Waals surface area contributed by atoms with Gasteiger partial charge in [0, 0.05) is 42.9 Å². The van der Waals surface area contributed by atoms with Crippen molar-refractivity contribution in [3.05, 3.63) is 45.5 Å². The Labute approximate surface area is 161 Å². The number of hydrogen-bond acceptors (Lipinski definition) is 7. The predicted molar refractivity (Wildman–Crippen MR) is 109 cm³/mol. The maximum absolute atomic E-state index is 11.5. The summed E-state index contributed by atoms with van der Waals surface area (Å²) in [7, 11) is 0. The summed E-state index contributed by atoms with van der Waals surface area (Å²) < 4.78 is 1.50. The van der Waals surface area contributed by atoms with E-state index in [1.807, 2.05) is 13.0 Å². The summed E-state index contributed by atoms with van der Waals surface area (Å²) in [5.74, 6) is 0.240. The average molecular weight is 386 g/mol. The number of piperazine rings is 1. The van der Waals surface area contributed by atoms with Crippen LogP contribution in [0.2, 0.25) is 0 Å². The lowest BCUT2D eigenvalue weighted by molar-refractivity contribution is -0.389. The third kappa shape index (κ3) is 3.35. The molecular formula is C18H22N6O2S. The smallest absolute Gasteiger partial charge is 0.369 e. The Kier molecular flexibility index (Phi) is 4.71. The van der Waals surface area contributed by atoms with Gasteiger partial charge in [-0.15, -0.1) is 0 Å². The van der Waals surface area contributed by atoms with Crippen LogP contribution in [0, 0.1) is 17.0 Å². The molecule has 3 heterocycles. The number of aryl methyl sites for hydroxylation is 1. The monoisotopic (exact) mass is 386 g/mol. The molecule has 1 N–H and O–H groups in total. The highest BCUT2D eigenvalue weighted by Gasteiger charge is 2.24. The first-order chi connectivity index (χ1) is 13.1. The fourth-order valence-corrected chi connectivity index (χ4v) is 4.18. The number of likely N-dealkylation sites (N-methyl/N-ethyl adjacent to an activating group) is 1. The van der Waals surface area contributed by atoms with Gasteiger partial charge in [0.15, 0.2) is 0 Å². The lowest BCUT2D eigenvalue weighted by Crippen LogP contribution is -2.46. The zero-order chi connectivity index (χ0) is 19.0. The highest BCUT2D eigenvalue weighted by Crippen LogP contribution is 2.32. The largest absolute Gasteiger partial charge is 0.373 e. The van der Waals surface area contributed by atoms with Gasteiger partial charge in [-0.05, 0) is 42.2 Å². The van der Waals surface area contributed by atoms with Crippen LogP contribution < -0.4 is 10.2 Å². The molecule has 0 saturated carbocycles. The van der Waals surface area contributed by atoms with Crippen LogP contribution >= 0.6 is 11.3 Å². The van der Waals surface area contributed by atoms with E-state index in [-0.39, 0.29) is 11.6 Å². The highest BCUT2D eigenvalue weighted by molar-refractivity contribution is 7.15. The summed E-state index contributed by atoms with van der Waals surface area (Å²) in [4.78, 5) is 20.9. The number of imidazole rings is 1. The maximum atomic E-state index is 11.5. The molecule has 9 heteroatoms. The first-order valence-electron chi connectivity index (χ1n) is 9.01. The second-order valence-corrected chi connectivity index (χ2v) is 7.52. The molecule has 4 rings (SSSR count). The molecule has 1 aliphatic heterocycles. The van der Waals surface area contributed by atoms with Gasteiger partial charge < -0.3 is 25.2 Å². The Morgan fingerprint density at radius 1 is 1.30 bits per heavy atom. The summed E-state index contributed by atoms with van der Waals surface area (Å²) in [6.07, 6.45) is 1.67. The summed E-state index contributed by atoms with van der Waals surface area (Å²) in [5.41, 5.74) is 3.06. The molecule has 0 atom stereocenters. The third-order valence-electron chi connectivity index (χ3n) is 5.06. The van der Waals surface area contributed by atoms with Crippen molar-refractivity contribution in [3.63, 3.8) is 0 Å². The van der Waals surface area contributed by atoms with Crippen LogP contribution in [0.3, 0.4) is 0 Å². The molecule has 2 aromatic heterocycles. The second kappa shape index (κ2) is 7.16. The average Bonchev–Trinajstić information content (AvgIpc) is 3.24. The van der Waals surface area contributed by atoms with Gasteiger partial charge in [0.2, 0.25) is 5.82 Å². The van der Waals surface area contributed by atoms with Crippen LogP contribution in [0.5, 0.6) is 0 Å². The third-order valence-corrected chi connectivity index (χ3v) is 5.81. The first kappa shape index (κ1) is 17.7. The lowest BCUT2D eigenvalue weighted by atomic mass is 10.1. The molecule has 1 aromatic carbocycles. The van der Waals surface area contributed by atoms with Crippen LogP contribution in [-0.2, 0) is 0 Å². The number of nitrogens with zero attached hydrogens (tertiary/aromatic N) is 5. The Hall–Kier alpha value is -2.65. The van der Waals surface area contributed by atoms with Crippen molar-refractivity contribution in [2.45, 2.75) is 13.8 Å². The van der Waals surface area contributed by atoms with E-state index < -0.39 is 4.92 Å². The standard InChI is InChI=1S/C18H22N6O2S/c1-3-21-6-8-22(9-7-21)14-4-5-15(13(2)12-14)19-16-17(24(25)26)23-10-11-27-18(23)20-16/h4-5,10-12,19H,3,6-9H2,1-2H3. The van der Waals surface area contributed by atoms with E-state index in [1.54, 1.807) is 11.6 Å². The Morgan fingerprint density at radius 2 is 2.07 bits per heavy atom. The van der Waals surface area contributed by atoms with Crippen LogP contribution in [0.25, 0.3) is 4.96 Å². The predicted octanol–water partition coefficient (Wildman–Crippen LogP) is 3.50. The highest BCUT2D eigenvalue weighted by atomic mass is 32.1. The Balaban J connectivity index is 1.56. The molecule has 1 saturated heterocycles. The fraction of sp³-hybridized carbons (Fsp3) is 0.389. The molecule has 0 aliphatic carbocycles. The van der Waals surface area contributed by atoms with Gasteiger partial charge in [0.05, 0.1) is 0 Å². The van der Waals surface area contributed by atoms with Gasteiger partial charge in [0.1, 0.15) is 6.20 Å². The molecule has 0 radical (unpaired) electrons. The molecule has 3 aromatic rings. The molecule has 27 heavy (non-hydrogen) atoms. The van der Waals surface area contributed by atoms with Gasteiger partial charge in [0.25, 0.3) is 4.96 Å². The zero-order valence-electron chi connectivity index (χ0n) is 15.4. The number of thiazole rings is 1. The van der Waals surface area contributed by atoms with Crippen molar-refractivity contribution in [1.29, 1.82) is 0 Å². The van der Waals surface area contributed by atoms with E-state index in [1.165, 1.54) is 21.4 Å². The zero-order valence-corrected chi connectivity index (χ0v) is 16.2. The number of benzene rings is 1.